The van der Waals surface area contributed by atoms with Crippen LogP contribution < -0.4 is 9.47 Å². The first-order valence-electron chi connectivity index (χ1n) is 22.1. The third-order valence-electron chi connectivity index (χ3n) is 11.0. The van der Waals surface area contributed by atoms with Gasteiger partial charge in [0.25, 0.3) is 0 Å². The first-order chi connectivity index (χ1) is 27.9. The van der Waals surface area contributed by atoms with Crippen LogP contribution >= 0.6 is 0 Å². The van der Waals surface area contributed by atoms with E-state index in [1.807, 2.05) is 48.5 Å². The maximum absolute atomic E-state index is 13.0. The molecule has 0 aromatic heterocycles. The zero-order chi connectivity index (χ0) is 40.3. The fourth-order valence-electron chi connectivity index (χ4n) is 7.54. The van der Waals surface area contributed by atoms with E-state index in [2.05, 4.69) is 25.6 Å². The number of hydrogen-bond acceptors (Lipinski definition) is 7. The third-order valence-corrected chi connectivity index (χ3v) is 11.0. The maximum atomic E-state index is 13.0. The average Bonchev–Trinajstić information content (AvgIpc) is 3.24. The number of unbranched alkanes of at least 4 members (excludes halogenated alkanes) is 15. The summed E-state index contributed by atoms with van der Waals surface area (Å²) in [7, 11) is 0. The highest BCUT2D eigenvalue weighted by molar-refractivity contribution is 5.91. The van der Waals surface area contributed by atoms with Gasteiger partial charge >= 0.3 is 17.9 Å². The largest absolute Gasteiger partial charge is 0.494 e. The van der Waals surface area contributed by atoms with E-state index in [4.69, 9.17) is 18.9 Å². The Kier molecular flexibility index (Phi) is 21.7. The van der Waals surface area contributed by atoms with Crippen LogP contribution in [-0.4, -0.2) is 37.2 Å². The van der Waals surface area contributed by atoms with Gasteiger partial charge in [-0.1, -0.05) is 140 Å². The van der Waals surface area contributed by atoms with Crippen LogP contribution in [0.3, 0.4) is 0 Å². The predicted molar refractivity (Wildman–Crippen MR) is 230 cm³/mol. The smallest absolute Gasteiger partial charge is 0.343 e. The molecule has 0 bridgehead atoms. The second-order valence-electron chi connectivity index (χ2n) is 15.7. The van der Waals surface area contributed by atoms with Crippen LogP contribution in [0.5, 0.6) is 11.5 Å². The van der Waals surface area contributed by atoms with Gasteiger partial charge < -0.3 is 18.9 Å². The number of rotatable bonds is 28. The third kappa shape index (κ3) is 18.2. The van der Waals surface area contributed by atoms with Gasteiger partial charge in [0.15, 0.2) is 0 Å². The normalized spacial score (nSPS) is 15.1. The number of carbonyl (C=O) groups is 3. The summed E-state index contributed by atoms with van der Waals surface area (Å²) in [6, 6.07) is 23.5. The lowest BCUT2D eigenvalue weighted by Crippen LogP contribution is -2.23. The van der Waals surface area contributed by atoms with E-state index in [1.54, 1.807) is 12.1 Å². The minimum absolute atomic E-state index is 0.0296. The molecule has 0 spiro atoms. The second kappa shape index (κ2) is 27.3. The summed E-state index contributed by atoms with van der Waals surface area (Å²) in [6.45, 7) is 6.84. The van der Waals surface area contributed by atoms with Crippen molar-refractivity contribution in [2.45, 2.75) is 160 Å². The van der Waals surface area contributed by atoms with E-state index in [1.165, 1.54) is 82.3 Å². The number of carbonyl (C=O) groups excluding carboxylic acids is 3. The zero-order valence-corrected chi connectivity index (χ0v) is 34.7. The molecule has 310 valence electrons. The minimum atomic E-state index is -0.381. The van der Waals surface area contributed by atoms with Crippen molar-refractivity contribution in [3.05, 3.63) is 96.6 Å². The molecule has 0 N–H and O–H groups in total. The highest BCUT2D eigenvalue weighted by Gasteiger charge is 2.25. The fraction of sp³-hybridized carbons (Fsp3) is 0.540. The summed E-state index contributed by atoms with van der Waals surface area (Å²) in [4.78, 5) is 36.4. The Morgan fingerprint density at radius 3 is 1.68 bits per heavy atom. The van der Waals surface area contributed by atoms with Crippen LogP contribution in [0.15, 0.2) is 85.5 Å². The molecular weight excluding hydrogens is 713 g/mol. The van der Waals surface area contributed by atoms with Gasteiger partial charge in [0, 0.05) is 12.5 Å². The summed E-state index contributed by atoms with van der Waals surface area (Å²) in [5.74, 6) is 1.05. The fourth-order valence-corrected chi connectivity index (χ4v) is 7.54. The molecule has 0 atom stereocenters. The molecule has 3 aromatic carbocycles. The van der Waals surface area contributed by atoms with Crippen molar-refractivity contribution in [2.75, 3.05) is 13.2 Å². The molecule has 0 aliphatic heterocycles. The van der Waals surface area contributed by atoms with Crippen molar-refractivity contribution in [1.29, 1.82) is 0 Å². The minimum Gasteiger partial charge on any atom is -0.494 e. The van der Waals surface area contributed by atoms with E-state index < -0.39 is 0 Å². The SMILES string of the molecule is C=CC(=O)OCCCCCCCCCCCOc1ccc(-c2ccc(C(=O)Oc3ccc(C4CCC(OC(=O)CCCCCCCCCC)CC4)cc3)cc2)cc1. The van der Waals surface area contributed by atoms with Crippen LogP contribution in [-0.2, 0) is 19.1 Å². The summed E-state index contributed by atoms with van der Waals surface area (Å²) >= 11 is 0. The maximum Gasteiger partial charge on any atom is 0.343 e. The molecule has 0 unspecified atom stereocenters. The molecule has 0 heterocycles. The van der Waals surface area contributed by atoms with Crippen LogP contribution in [0.25, 0.3) is 11.1 Å². The molecular formula is C50H68O7. The number of benzene rings is 3. The van der Waals surface area contributed by atoms with E-state index in [0.29, 0.717) is 36.9 Å². The van der Waals surface area contributed by atoms with E-state index in [-0.39, 0.29) is 24.0 Å². The number of hydrogen-bond donors (Lipinski definition) is 0. The summed E-state index contributed by atoms with van der Waals surface area (Å²) < 4.78 is 22.5. The first-order valence-corrected chi connectivity index (χ1v) is 22.1. The quantitative estimate of drug-likeness (QED) is 0.0314. The van der Waals surface area contributed by atoms with E-state index >= 15 is 0 Å². The molecule has 7 heteroatoms. The summed E-state index contributed by atoms with van der Waals surface area (Å²) in [6.07, 6.45) is 25.6. The monoisotopic (exact) mass is 780 g/mol. The second-order valence-corrected chi connectivity index (χ2v) is 15.7. The molecule has 57 heavy (non-hydrogen) atoms. The molecule has 1 aliphatic carbocycles. The van der Waals surface area contributed by atoms with Gasteiger partial charge in [-0.25, -0.2) is 9.59 Å². The molecule has 1 saturated carbocycles. The van der Waals surface area contributed by atoms with Gasteiger partial charge in [-0.2, -0.15) is 0 Å². The Labute approximate surface area is 342 Å². The van der Waals surface area contributed by atoms with Gasteiger partial charge in [-0.3, -0.25) is 4.79 Å². The summed E-state index contributed by atoms with van der Waals surface area (Å²) in [5, 5.41) is 0. The highest BCUT2D eigenvalue weighted by Crippen LogP contribution is 2.35. The Morgan fingerprint density at radius 2 is 1.11 bits per heavy atom. The first kappa shape index (κ1) is 45.3. The molecule has 7 nitrogen and oxygen atoms in total. The van der Waals surface area contributed by atoms with Gasteiger partial charge in [-0.15, -0.1) is 0 Å². The zero-order valence-electron chi connectivity index (χ0n) is 34.7. The van der Waals surface area contributed by atoms with Crippen molar-refractivity contribution < 1.29 is 33.3 Å². The molecule has 1 fully saturated rings. The van der Waals surface area contributed by atoms with Crippen LogP contribution in [0.1, 0.15) is 170 Å². The van der Waals surface area contributed by atoms with Crippen molar-refractivity contribution >= 4 is 17.9 Å². The molecule has 3 aromatic rings. The van der Waals surface area contributed by atoms with Crippen molar-refractivity contribution in [3.63, 3.8) is 0 Å². The Morgan fingerprint density at radius 1 is 0.596 bits per heavy atom. The van der Waals surface area contributed by atoms with E-state index in [0.717, 1.165) is 81.1 Å². The van der Waals surface area contributed by atoms with Crippen molar-refractivity contribution in [1.82, 2.24) is 0 Å². The molecule has 0 saturated heterocycles. The highest BCUT2D eigenvalue weighted by atomic mass is 16.5. The van der Waals surface area contributed by atoms with Gasteiger partial charge in [0.1, 0.15) is 17.6 Å². The van der Waals surface area contributed by atoms with Crippen LogP contribution in [0.4, 0.5) is 0 Å². The lowest BCUT2D eigenvalue weighted by Gasteiger charge is -2.28. The topological polar surface area (TPSA) is 88.1 Å². The lowest BCUT2D eigenvalue weighted by molar-refractivity contribution is -0.150. The van der Waals surface area contributed by atoms with Gasteiger partial charge in [0.05, 0.1) is 18.8 Å². The van der Waals surface area contributed by atoms with Gasteiger partial charge in [0.2, 0.25) is 0 Å². The van der Waals surface area contributed by atoms with E-state index in [9.17, 15) is 14.4 Å². The predicted octanol–water partition coefficient (Wildman–Crippen LogP) is 13.3. The van der Waals surface area contributed by atoms with Crippen molar-refractivity contribution in [2.24, 2.45) is 0 Å². The number of esters is 3. The Bertz CT molecular complexity index is 1570. The Balaban J connectivity index is 1.06. The molecule has 4 rings (SSSR count). The standard InChI is InChI=1S/C50H68O7/c1-3-5-6-7-8-12-15-18-21-49(52)56-46-34-28-42(29-35-46)43-30-36-47(37-31-43)57-50(53)44-24-22-40(23-25-44)41-26-32-45(33-27-41)54-38-19-16-13-10-9-11-14-17-20-39-55-48(51)4-2/h4,22-27,30-33,36-37,42,46H,2-3,5-21,28-29,34-35,38-39H2,1H3. The van der Waals surface area contributed by atoms with Crippen LogP contribution in [0.2, 0.25) is 0 Å². The van der Waals surface area contributed by atoms with Crippen LogP contribution in [0, 0.1) is 0 Å². The summed E-state index contributed by atoms with van der Waals surface area (Å²) in [5.41, 5.74) is 3.81. The number of ether oxygens (including phenoxy) is 4. The molecule has 1 aliphatic rings. The Hall–Kier alpha value is -4.39. The molecule has 0 amide bonds. The average molecular weight is 781 g/mol. The van der Waals surface area contributed by atoms with Gasteiger partial charge in [-0.05, 0) is 104 Å². The van der Waals surface area contributed by atoms with Crippen molar-refractivity contribution in [3.8, 4) is 22.6 Å². The molecule has 0 radical (unpaired) electrons. The lowest BCUT2D eigenvalue weighted by atomic mass is 9.83.